The Labute approximate surface area is 311 Å². The number of aromatic nitrogens is 4. The number of carbonyl (C=O) groups excluding carboxylic acids is 1. The molecule has 14 heteroatoms. The van der Waals surface area contributed by atoms with Crippen molar-refractivity contribution < 1.29 is 36.6 Å². The summed E-state index contributed by atoms with van der Waals surface area (Å²) in [6, 6.07) is 20.2. The fourth-order valence-electron chi connectivity index (χ4n) is 5.07. The summed E-state index contributed by atoms with van der Waals surface area (Å²) in [7, 11) is 0. The second-order valence-corrected chi connectivity index (χ2v) is 12.6. The first kappa shape index (κ1) is 37.3. The summed E-state index contributed by atoms with van der Waals surface area (Å²) in [5, 5.41) is 1.02. The lowest BCUT2D eigenvalue weighted by Crippen LogP contribution is -2.12. The van der Waals surface area contributed by atoms with Gasteiger partial charge in [0.25, 0.3) is 0 Å². The van der Waals surface area contributed by atoms with E-state index in [-0.39, 0.29) is 29.9 Å². The van der Waals surface area contributed by atoms with Gasteiger partial charge in [-0.1, -0.05) is 35.3 Å². The highest BCUT2D eigenvalue weighted by atomic mass is 35.5. The Morgan fingerprint density at radius 1 is 0.660 bits per heavy atom. The maximum absolute atomic E-state index is 13.8. The highest BCUT2D eigenvalue weighted by molar-refractivity contribution is 6.30. The summed E-state index contributed by atoms with van der Waals surface area (Å²) in [6.07, 6.45) is 7.17. The van der Waals surface area contributed by atoms with Crippen LogP contribution in [0.5, 0.6) is 23.3 Å². The summed E-state index contributed by atoms with van der Waals surface area (Å²) in [4.78, 5) is 28.7. The number of carbonyl (C=O) groups is 1. The largest absolute Gasteiger partial charge is 0.437 e. The van der Waals surface area contributed by atoms with Crippen LogP contribution < -0.4 is 9.47 Å². The number of benzene rings is 2. The normalized spacial score (nSPS) is 14.5. The summed E-state index contributed by atoms with van der Waals surface area (Å²) >= 11 is 11.5. The molecule has 0 aliphatic carbocycles. The maximum Gasteiger partial charge on any atom is 0.219 e. The minimum absolute atomic E-state index is 0.0640. The van der Waals surface area contributed by atoms with Crippen LogP contribution in [0.15, 0.2) is 110 Å². The van der Waals surface area contributed by atoms with Gasteiger partial charge in [-0.15, -0.1) is 0 Å². The van der Waals surface area contributed by atoms with E-state index >= 15 is 0 Å². The third-order valence-corrected chi connectivity index (χ3v) is 8.46. The highest BCUT2D eigenvalue weighted by Gasteiger charge is 2.47. The van der Waals surface area contributed by atoms with E-state index in [4.69, 9.17) is 37.4 Å². The number of hydrogen-bond donors (Lipinski definition) is 0. The van der Waals surface area contributed by atoms with Crippen LogP contribution >= 0.6 is 23.2 Å². The third-order valence-electron chi connectivity index (χ3n) is 8.01. The van der Waals surface area contributed by atoms with Gasteiger partial charge in [0.15, 0.2) is 5.78 Å². The molecule has 1 aliphatic heterocycles. The van der Waals surface area contributed by atoms with Gasteiger partial charge >= 0.3 is 0 Å². The van der Waals surface area contributed by atoms with Crippen LogP contribution in [0.3, 0.4) is 0 Å². The molecule has 2 aromatic carbocycles. The minimum atomic E-state index is -0.662. The molecule has 270 valence electrons. The molecule has 0 spiro atoms. The Morgan fingerprint density at radius 3 is 1.66 bits per heavy atom. The lowest BCUT2D eigenvalue weighted by atomic mass is 9.96. The first-order valence-electron chi connectivity index (χ1n) is 16.1. The lowest BCUT2D eigenvalue weighted by Gasteiger charge is -2.12. The molecular weight excluding hydrogens is 735 g/mol. The first-order chi connectivity index (χ1) is 25.5. The number of ether oxygens (including phenoxy) is 3. The van der Waals surface area contributed by atoms with Crippen molar-refractivity contribution in [3.05, 3.63) is 166 Å². The van der Waals surface area contributed by atoms with Crippen molar-refractivity contribution in [2.75, 3.05) is 6.61 Å². The van der Waals surface area contributed by atoms with E-state index in [2.05, 4.69) is 19.9 Å². The van der Waals surface area contributed by atoms with Gasteiger partial charge in [0.2, 0.25) is 11.8 Å². The van der Waals surface area contributed by atoms with E-state index in [1.165, 1.54) is 42.9 Å². The van der Waals surface area contributed by atoms with Crippen molar-refractivity contribution in [2.45, 2.75) is 31.3 Å². The molecule has 53 heavy (non-hydrogen) atoms. The fraction of sp³-hybridized carbons (Fsp3) is 0.154. The second-order valence-electron chi connectivity index (χ2n) is 11.8. The van der Waals surface area contributed by atoms with Crippen LogP contribution in [0.4, 0.5) is 17.6 Å². The smallest absolute Gasteiger partial charge is 0.219 e. The Bertz CT molecular complexity index is 2170. The second kappa shape index (κ2) is 16.9. The zero-order chi connectivity index (χ0) is 37.4. The lowest BCUT2D eigenvalue weighted by molar-refractivity contribution is 0.0977. The van der Waals surface area contributed by atoms with Crippen LogP contribution in [0, 0.1) is 23.3 Å². The number of rotatable bonds is 12. The molecule has 0 N–H and O–H groups in total. The number of aryl methyl sites for hydroxylation is 2. The Balaban J connectivity index is 0.000000182. The molecule has 0 radical (unpaired) electrons. The Hall–Kier alpha value is -5.43. The van der Waals surface area contributed by atoms with Crippen molar-refractivity contribution >= 4 is 29.0 Å². The van der Waals surface area contributed by atoms with Crippen molar-refractivity contribution in [1.82, 2.24) is 19.9 Å². The van der Waals surface area contributed by atoms with Gasteiger partial charge in [-0.05, 0) is 78.9 Å². The predicted octanol–water partition coefficient (Wildman–Crippen LogP) is 10.1. The quantitative estimate of drug-likeness (QED) is 0.0690. The molecule has 7 rings (SSSR count). The molecule has 0 bridgehead atoms. The van der Waals surface area contributed by atoms with E-state index in [9.17, 15) is 22.4 Å². The molecule has 1 unspecified atom stereocenters. The molecule has 1 aliphatic rings. The molecule has 5 heterocycles. The summed E-state index contributed by atoms with van der Waals surface area (Å²) in [5.41, 5.74) is 1.21. The summed E-state index contributed by atoms with van der Waals surface area (Å²) in [5.74, 6) is -0.964. The molecule has 4 aromatic heterocycles. The number of ketones is 1. The van der Waals surface area contributed by atoms with Crippen molar-refractivity contribution in [1.29, 1.82) is 0 Å². The van der Waals surface area contributed by atoms with Gasteiger partial charge in [-0.2, -0.15) is 0 Å². The zero-order valence-corrected chi connectivity index (χ0v) is 29.1. The zero-order valence-electron chi connectivity index (χ0n) is 27.6. The molecule has 6 aromatic rings. The monoisotopic (exact) mass is 762 g/mol. The molecular formula is C39H28Cl2F4N4O4. The molecule has 1 saturated heterocycles. The SMILES string of the molecule is Fc1ccc(CCC2(c3ccc(Oc4ccc(Cl)cn4)cn3)CO2)c(F)c1.O=C(CCc1ccc(F)cc1F)c1ccc(Oc2ccc(Cl)cn2)cn1. The van der Waals surface area contributed by atoms with Crippen LogP contribution in [-0.2, 0) is 23.2 Å². The van der Waals surface area contributed by atoms with E-state index in [0.717, 1.165) is 23.9 Å². The third kappa shape index (κ3) is 10.3. The average Bonchev–Trinajstić information content (AvgIpc) is 3.95. The molecule has 1 atom stereocenters. The van der Waals surface area contributed by atoms with Gasteiger partial charge in [0, 0.05) is 43.1 Å². The van der Waals surface area contributed by atoms with E-state index < -0.39 is 28.9 Å². The standard InChI is InChI=1S/C20H15ClF2N2O2.C19H13ClF2N2O2/c21-14-2-6-19(25-10-14)27-16-4-5-18(24-11-16)20(12-26-20)8-7-13-1-3-15(22)9-17(13)23;20-13-3-8-19(24-10-13)26-15-5-6-17(23-11-15)18(25)7-2-12-1-4-14(21)9-16(12)22/h1-6,9-11H,7-8,12H2;1,3-6,8-11H,2,7H2. The van der Waals surface area contributed by atoms with Crippen molar-refractivity contribution in [3.8, 4) is 23.3 Å². The van der Waals surface area contributed by atoms with Gasteiger partial charge in [0.1, 0.15) is 46.1 Å². The van der Waals surface area contributed by atoms with Gasteiger partial charge in [-0.25, -0.2) is 32.5 Å². The summed E-state index contributed by atoms with van der Waals surface area (Å²) < 4.78 is 70.0. The van der Waals surface area contributed by atoms with Crippen LogP contribution in [0.2, 0.25) is 10.0 Å². The maximum atomic E-state index is 13.8. The van der Waals surface area contributed by atoms with Gasteiger partial charge in [-0.3, -0.25) is 9.78 Å². The topological polar surface area (TPSA) is 99.6 Å². The number of epoxide rings is 1. The molecule has 0 amide bonds. The first-order valence-corrected chi connectivity index (χ1v) is 16.9. The molecule has 0 saturated carbocycles. The van der Waals surface area contributed by atoms with E-state index in [1.54, 1.807) is 42.6 Å². The molecule has 1 fully saturated rings. The fourth-order valence-corrected chi connectivity index (χ4v) is 5.30. The molecule has 8 nitrogen and oxygen atoms in total. The predicted molar refractivity (Wildman–Crippen MR) is 188 cm³/mol. The van der Waals surface area contributed by atoms with Gasteiger partial charge < -0.3 is 14.2 Å². The van der Waals surface area contributed by atoms with Crippen LogP contribution in [0.1, 0.15) is 40.2 Å². The van der Waals surface area contributed by atoms with E-state index in [1.807, 2.05) is 6.07 Å². The number of hydrogen-bond acceptors (Lipinski definition) is 8. The average molecular weight is 764 g/mol. The van der Waals surface area contributed by atoms with Crippen molar-refractivity contribution in [2.24, 2.45) is 0 Å². The van der Waals surface area contributed by atoms with E-state index in [0.29, 0.717) is 58.3 Å². The highest BCUT2D eigenvalue weighted by Crippen LogP contribution is 2.42. The minimum Gasteiger partial charge on any atom is -0.437 e. The Kier molecular flexibility index (Phi) is 11.9. The van der Waals surface area contributed by atoms with Crippen LogP contribution in [0.25, 0.3) is 0 Å². The Morgan fingerprint density at radius 2 is 1.21 bits per heavy atom. The number of pyridine rings is 4. The number of Topliss-reactive ketones (excluding diaryl/α,β-unsaturated/α-hetero) is 1. The number of nitrogens with zero attached hydrogens (tertiary/aromatic N) is 4. The number of halogens is 6. The van der Waals surface area contributed by atoms with Crippen LogP contribution in [-0.4, -0.2) is 32.3 Å². The van der Waals surface area contributed by atoms with Crippen molar-refractivity contribution in [3.63, 3.8) is 0 Å². The summed E-state index contributed by atoms with van der Waals surface area (Å²) in [6.45, 7) is 0.516. The van der Waals surface area contributed by atoms with Gasteiger partial charge in [0.05, 0.1) is 34.7 Å².